The molecule has 1 N–H and O–H groups in total. The average Bonchev–Trinajstić information content (AvgIpc) is 2.24. The van der Waals surface area contributed by atoms with Gasteiger partial charge in [-0.1, -0.05) is 6.42 Å². The van der Waals surface area contributed by atoms with Crippen LogP contribution in [0, 0.1) is 5.92 Å². The van der Waals surface area contributed by atoms with Gasteiger partial charge in [-0.05, 0) is 33.6 Å². The van der Waals surface area contributed by atoms with Gasteiger partial charge in [-0.15, -0.1) is 0 Å². The van der Waals surface area contributed by atoms with E-state index in [1.54, 1.807) is 20.8 Å². The fourth-order valence-electron chi connectivity index (χ4n) is 1.92. The molecule has 0 heterocycles. The van der Waals surface area contributed by atoms with Crippen LogP contribution >= 0.6 is 0 Å². The van der Waals surface area contributed by atoms with Gasteiger partial charge in [0.1, 0.15) is 11.4 Å². The van der Waals surface area contributed by atoms with Crippen LogP contribution in [0.15, 0.2) is 0 Å². The number of nitrogens with one attached hydrogen (secondary N) is 1. The molecule has 1 aliphatic carbocycles. The summed E-state index contributed by atoms with van der Waals surface area (Å²) in [6.07, 6.45) is 2.21. The lowest BCUT2D eigenvalue weighted by atomic mass is 9.85. The molecule has 1 atom stereocenters. The van der Waals surface area contributed by atoms with E-state index in [-0.39, 0.29) is 18.1 Å². The number of Topliss-reactive ketones (excluding diaryl/α,β-unsaturated/α-hetero) is 2. The first kappa shape index (κ1) is 14.7. The summed E-state index contributed by atoms with van der Waals surface area (Å²) in [6.45, 7) is 5.11. The molecule has 102 valence electrons. The summed E-state index contributed by atoms with van der Waals surface area (Å²) in [4.78, 5) is 34.7. The van der Waals surface area contributed by atoms with Crippen molar-refractivity contribution in [1.82, 2.24) is 5.32 Å². The van der Waals surface area contributed by atoms with Crippen molar-refractivity contribution < 1.29 is 19.1 Å². The molecule has 0 bridgehead atoms. The Morgan fingerprint density at radius 1 is 1.33 bits per heavy atom. The second-order valence-corrected chi connectivity index (χ2v) is 5.59. The van der Waals surface area contributed by atoms with Crippen molar-refractivity contribution in [1.29, 1.82) is 0 Å². The molecule has 0 saturated heterocycles. The number of amides is 1. The largest absolute Gasteiger partial charge is 0.444 e. The van der Waals surface area contributed by atoms with Crippen LogP contribution < -0.4 is 5.32 Å². The van der Waals surface area contributed by atoms with Gasteiger partial charge in [-0.3, -0.25) is 9.59 Å². The monoisotopic (exact) mass is 255 g/mol. The van der Waals surface area contributed by atoms with Crippen molar-refractivity contribution in [3.8, 4) is 0 Å². The molecule has 0 aromatic rings. The standard InChI is InChI=1S/C13H21NO4/c1-13(2,3)18-12(17)14-8-11(16)9-6-4-5-7-10(9)15/h9H,4-8H2,1-3H3,(H,14,17). The van der Waals surface area contributed by atoms with Crippen molar-refractivity contribution >= 4 is 17.7 Å². The van der Waals surface area contributed by atoms with Crippen molar-refractivity contribution in [2.75, 3.05) is 6.54 Å². The van der Waals surface area contributed by atoms with Crippen LogP contribution in [-0.4, -0.2) is 29.8 Å². The first-order valence-corrected chi connectivity index (χ1v) is 6.32. The van der Waals surface area contributed by atoms with Crippen molar-refractivity contribution in [3.05, 3.63) is 0 Å². The summed E-state index contributed by atoms with van der Waals surface area (Å²) in [5, 5.41) is 2.39. The summed E-state index contributed by atoms with van der Waals surface area (Å²) in [5.74, 6) is -0.753. The SMILES string of the molecule is CC(C)(C)OC(=O)NCC(=O)C1CCCCC1=O. The Balaban J connectivity index is 2.36. The smallest absolute Gasteiger partial charge is 0.408 e. The molecule has 0 aromatic heterocycles. The first-order chi connectivity index (χ1) is 8.29. The molecule has 5 heteroatoms. The summed E-state index contributed by atoms with van der Waals surface area (Å²) >= 11 is 0. The zero-order valence-electron chi connectivity index (χ0n) is 11.2. The predicted molar refractivity (Wildman–Crippen MR) is 66.2 cm³/mol. The number of carbonyl (C=O) groups excluding carboxylic acids is 3. The van der Waals surface area contributed by atoms with Gasteiger partial charge in [0.05, 0.1) is 12.5 Å². The Kier molecular flexibility index (Phi) is 4.87. The number of ether oxygens (including phenoxy) is 1. The zero-order chi connectivity index (χ0) is 13.8. The molecule has 1 rings (SSSR count). The highest BCUT2D eigenvalue weighted by molar-refractivity contribution is 6.04. The van der Waals surface area contributed by atoms with E-state index in [9.17, 15) is 14.4 Å². The lowest BCUT2D eigenvalue weighted by Crippen LogP contribution is -2.39. The third-order valence-electron chi connectivity index (χ3n) is 2.75. The molecule has 0 aromatic carbocycles. The minimum Gasteiger partial charge on any atom is -0.444 e. The predicted octanol–water partition coefficient (Wildman–Crippen LogP) is 1.84. The topological polar surface area (TPSA) is 72.5 Å². The van der Waals surface area contributed by atoms with Crippen LogP contribution in [0.3, 0.4) is 0 Å². The van der Waals surface area contributed by atoms with Gasteiger partial charge in [0, 0.05) is 6.42 Å². The van der Waals surface area contributed by atoms with E-state index in [1.807, 2.05) is 0 Å². The molecule has 1 aliphatic rings. The van der Waals surface area contributed by atoms with E-state index in [0.29, 0.717) is 12.8 Å². The minimum absolute atomic E-state index is 0.00256. The Bertz CT molecular complexity index is 343. The van der Waals surface area contributed by atoms with Crippen molar-refractivity contribution in [2.24, 2.45) is 5.92 Å². The lowest BCUT2D eigenvalue weighted by Gasteiger charge is -2.21. The maximum atomic E-state index is 11.8. The molecule has 1 saturated carbocycles. The fourth-order valence-corrected chi connectivity index (χ4v) is 1.92. The van der Waals surface area contributed by atoms with Crippen molar-refractivity contribution in [2.45, 2.75) is 52.1 Å². The van der Waals surface area contributed by atoms with Gasteiger partial charge < -0.3 is 10.1 Å². The number of rotatable bonds is 3. The highest BCUT2D eigenvalue weighted by Crippen LogP contribution is 2.21. The second kappa shape index (κ2) is 5.98. The van der Waals surface area contributed by atoms with Gasteiger partial charge in [0.25, 0.3) is 0 Å². The summed E-state index contributed by atoms with van der Waals surface area (Å²) in [6, 6.07) is 0. The second-order valence-electron chi connectivity index (χ2n) is 5.59. The molecule has 0 radical (unpaired) electrons. The molecule has 0 spiro atoms. The molecule has 0 aliphatic heterocycles. The third kappa shape index (κ3) is 4.85. The van der Waals surface area contributed by atoms with E-state index in [1.165, 1.54) is 0 Å². The molecule has 1 fully saturated rings. The molecule has 1 amide bonds. The summed E-state index contributed by atoms with van der Waals surface area (Å²) < 4.78 is 5.02. The van der Waals surface area contributed by atoms with E-state index < -0.39 is 17.6 Å². The Labute approximate surface area is 107 Å². The summed E-state index contributed by atoms with van der Waals surface area (Å²) in [5.41, 5.74) is -0.589. The molecule has 18 heavy (non-hydrogen) atoms. The molecular weight excluding hydrogens is 234 g/mol. The number of alkyl carbamates (subject to hydrolysis) is 1. The van der Waals surface area contributed by atoms with Crippen LogP contribution in [0.25, 0.3) is 0 Å². The number of ketones is 2. The Morgan fingerprint density at radius 2 is 2.00 bits per heavy atom. The van der Waals surface area contributed by atoms with Gasteiger partial charge >= 0.3 is 6.09 Å². The van der Waals surface area contributed by atoms with Gasteiger partial charge in [-0.25, -0.2) is 4.79 Å². The zero-order valence-corrected chi connectivity index (χ0v) is 11.2. The van der Waals surface area contributed by atoms with Crippen LogP contribution in [-0.2, 0) is 14.3 Å². The van der Waals surface area contributed by atoms with Gasteiger partial charge in [0.2, 0.25) is 0 Å². The van der Waals surface area contributed by atoms with E-state index in [0.717, 1.165) is 12.8 Å². The maximum Gasteiger partial charge on any atom is 0.408 e. The van der Waals surface area contributed by atoms with E-state index >= 15 is 0 Å². The van der Waals surface area contributed by atoms with Crippen LogP contribution in [0.4, 0.5) is 4.79 Å². The van der Waals surface area contributed by atoms with Gasteiger partial charge in [-0.2, -0.15) is 0 Å². The first-order valence-electron chi connectivity index (χ1n) is 6.32. The highest BCUT2D eigenvalue weighted by Gasteiger charge is 2.29. The van der Waals surface area contributed by atoms with Crippen LogP contribution in [0.2, 0.25) is 0 Å². The van der Waals surface area contributed by atoms with Crippen LogP contribution in [0.5, 0.6) is 0 Å². The third-order valence-corrected chi connectivity index (χ3v) is 2.75. The maximum absolute atomic E-state index is 11.8. The molecule has 5 nitrogen and oxygen atoms in total. The van der Waals surface area contributed by atoms with E-state index in [2.05, 4.69) is 5.32 Å². The lowest BCUT2D eigenvalue weighted by molar-refractivity contribution is -0.133. The normalized spacial score (nSPS) is 20.4. The highest BCUT2D eigenvalue weighted by atomic mass is 16.6. The van der Waals surface area contributed by atoms with Crippen molar-refractivity contribution in [3.63, 3.8) is 0 Å². The number of hydrogen-bond donors (Lipinski definition) is 1. The number of carbonyl (C=O) groups is 3. The fraction of sp³-hybridized carbons (Fsp3) is 0.769. The minimum atomic E-state index is -0.626. The number of hydrogen-bond acceptors (Lipinski definition) is 4. The average molecular weight is 255 g/mol. The Morgan fingerprint density at radius 3 is 2.56 bits per heavy atom. The Hall–Kier alpha value is -1.39. The molecular formula is C13H21NO4. The van der Waals surface area contributed by atoms with Crippen LogP contribution in [0.1, 0.15) is 46.5 Å². The quantitative estimate of drug-likeness (QED) is 0.781. The van der Waals surface area contributed by atoms with E-state index in [4.69, 9.17) is 4.74 Å². The van der Waals surface area contributed by atoms with Gasteiger partial charge in [0.15, 0.2) is 5.78 Å². The summed E-state index contributed by atoms with van der Waals surface area (Å²) in [7, 11) is 0. The molecule has 1 unspecified atom stereocenters.